The van der Waals surface area contributed by atoms with Gasteiger partial charge in [0, 0.05) is 10.6 Å². The van der Waals surface area contributed by atoms with E-state index in [0.717, 1.165) is 28.0 Å². The van der Waals surface area contributed by atoms with Gasteiger partial charge in [0.25, 0.3) is 5.91 Å². The minimum Gasteiger partial charge on any atom is -0.488 e. The molecule has 0 saturated carbocycles. The van der Waals surface area contributed by atoms with E-state index in [0.29, 0.717) is 27.2 Å². The molecule has 0 heterocycles. The molecule has 0 atom stereocenters. The Hall–Kier alpha value is -2.53. The fourth-order valence-corrected chi connectivity index (χ4v) is 3.44. The molecule has 0 radical (unpaired) electrons. The smallest absolute Gasteiger partial charge is 0.271 e. The summed E-state index contributed by atoms with van der Waals surface area (Å²) >= 11 is 17.9. The number of hydrogen-bond donors (Lipinski definition) is 1. The maximum absolute atomic E-state index is 12.1. The Kier molecular flexibility index (Phi) is 7.38. The van der Waals surface area contributed by atoms with Crippen LogP contribution in [-0.2, 0) is 6.61 Å². The predicted octanol–water partition coefficient (Wildman–Crippen LogP) is 6.61. The fourth-order valence-electron chi connectivity index (χ4n) is 2.93. The van der Waals surface area contributed by atoms with E-state index in [2.05, 4.69) is 10.5 Å². The molecule has 0 aliphatic carbocycles. The van der Waals surface area contributed by atoms with E-state index in [1.165, 1.54) is 0 Å². The van der Waals surface area contributed by atoms with E-state index in [1.807, 2.05) is 32.0 Å². The second-order valence-electron chi connectivity index (χ2n) is 6.73. The van der Waals surface area contributed by atoms with Gasteiger partial charge in [0.15, 0.2) is 0 Å². The first-order valence-electron chi connectivity index (χ1n) is 9.10. The Labute approximate surface area is 190 Å². The molecular weight excluding hydrogens is 443 g/mol. The zero-order chi connectivity index (χ0) is 21.7. The Bertz CT molecular complexity index is 1090. The normalized spacial score (nSPS) is 11.0. The van der Waals surface area contributed by atoms with Crippen molar-refractivity contribution >= 4 is 46.9 Å². The molecular formula is C23H19Cl3N2O2. The summed E-state index contributed by atoms with van der Waals surface area (Å²) in [4.78, 5) is 12.1. The van der Waals surface area contributed by atoms with Gasteiger partial charge in [0.05, 0.1) is 16.3 Å². The van der Waals surface area contributed by atoms with Crippen molar-refractivity contribution in [2.24, 2.45) is 5.10 Å². The Morgan fingerprint density at radius 1 is 1.00 bits per heavy atom. The minimum atomic E-state index is -0.330. The average molecular weight is 462 g/mol. The molecule has 0 aromatic heterocycles. The van der Waals surface area contributed by atoms with E-state index >= 15 is 0 Å². The van der Waals surface area contributed by atoms with Gasteiger partial charge in [0.2, 0.25) is 0 Å². The molecule has 1 N–H and O–H groups in total. The lowest BCUT2D eigenvalue weighted by Gasteiger charge is -2.13. The first kappa shape index (κ1) is 22.2. The molecule has 0 unspecified atom stereocenters. The molecule has 7 heteroatoms. The third kappa shape index (κ3) is 5.76. The maximum atomic E-state index is 12.1. The number of hydrazone groups is 1. The van der Waals surface area contributed by atoms with Crippen molar-refractivity contribution in [3.8, 4) is 5.75 Å². The number of benzene rings is 3. The topological polar surface area (TPSA) is 50.7 Å². The van der Waals surface area contributed by atoms with Crippen molar-refractivity contribution in [2.45, 2.75) is 20.5 Å². The molecule has 1 amide bonds. The summed E-state index contributed by atoms with van der Waals surface area (Å²) in [7, 11) is 0. The lowest BCUT2D eigenvalue weighted by molar-refractivity contribution is 0.0955. The van der Waals surface area contributed by atoms with Gasteiger partial charge in [-0.3, -0.25) is 4.79 Å². The molecule has 0 saturated heterocycles. The maximum Gasteiger partial charge on any atom is 0.271 e. The van der Waals surface area contributed by atoms with Gasteiger partial charge in [-0.1, -0.05) is 46.9 Å². The molecule has 4 nitrogen and oxygen atoms in total. The lowest BCUT2D eigenvalue weighted by atomic mass is 10.1. The van der Waals surface area contributed by atoms with E-state index in [4.69, 9.17) is 39.5 Å². The van der Waals surface area contributed by atoms with E-state index in [9.17, 15) is 4.79 Å². The third-order valence-corrected chi connectivity index (χ3v) is 5.29. The molecule has 30 heavy (non-hydrogen) atoms. The highest BCUT2D eigenvalue weighted by molar-refractivity contribution is 6.42. The van der Waals surface area contributed by atoms with Gasteiger partial charge in [-0.25, -0.2) is 5.43 Å². The van der Waals surface area contributed by atoms with Crippen molar-refractivity contribution < 1.29 is 9.53 Å². The largest absolute Gasteiger partial charge is 0.488 e. The SMILES string of the molecule is Cc1cc(/C=N\NC(=O)c2cccc(Cl)c2)cc(C)c1OCc1ccc(Cl)c(Cl)c1. The number of aryl methyl sites for hydroxylation is 2. The van der Waals surface area contributed by atoms with Crippen LogP contribution >= 0.6 is 34.8 Å². The monoisotopic (exact) mass is 460 g/mol. The molecule has 3 rings (SSSR count). The molecule has 0 aliphatic rings. The van der Waals surface area contributed by atoms with Crippen molar-refractivity contribution in [2.75, 3.05) is 0 Å². The van der Waals surface area contributed by atoms with Gasteiger partial charge < -0.3 is 4.74 Å². The lowest BCUT2D eigenvalue weighted by Crippen LogP contribution is -2.17. The van der Waals surface area contributed by atoms with Gasteiger partial charge in [-0.2, -0.15) is 5.10 Å². The molecule has 3 aromatic carbocycles. The summed E-state index contributed by atoms with van der Waals surface area (Å²) in [6, 6.07) is 16.0. The standard InChI is InChI=1S/C23H19Cl3N2O2/c1-14-8-17(12-27-28-23(29)18-4-3-5-19(24)11-18)9-15(2)22(14)30-13-16-6-7-20(25)21(26)10-16/h3-12H,13H2,1-2H3,(H,28,29)/b27-12-. The summed E-state index contributed by atoms with van der Waals surface area (Å²) in [5, 5.41) is 5.54. The zero-order valence-electron chi connectivity index (χ0n) is 16.4. The van der Waals surface area contributed by atoms with Gasteiger partial charge >= 0.3 is 0 Å². The van der Waals surface area contributed by atoms with Crippen molar-refractivity contribution in [1.82, 2.24) is 5.43 Å². The Morgan fingerprint density at radius 2 is 1.73 bits per heavy atom. The first-order chi connectivity index (χ1) is 14.3. The number of carbonyl (C=O) groups excluding carboxylic acids is 1. The predicted molar refractivity (Wildman–Crippen MR) is 123 cm³/mol. The van der Waals surface area contributed by atoms with Gasteiger partial charge in [0.1, 0.15) is 12.4 Å². The second kappa shape index (κ2) is 9.98. The highest BCUT2D eigenvalue weighted by atomic mass is 35.5. The minimum absolute atomic E-state index is 0.330. The molecule has 3 aromatic rings. The number of hydrogen-bond acceptors (Lipinski definition) is 3. The van der Waals surface area contributed by atoms with E-state index in [1.54, 1.807) is 42.6 Å². The zero-order valence-corrected chi connectivity index (χ0v) is 18.6. The second-order valence-corrected chi connectivity index (χ2v) is 7.98. The number of ether oxygens (including phenoxy) is 1. The van der Waals surface area contributed by atoms with Crippen LogP contribution in [0.5, 0.6) is 5.75 Å². The van der Waals surface area contributed by atoms with Crippen LogP contribution in [0.25, 0.3) is 0 Å². The highest BCUT2D eigenvalue weighted by Gasteiger charge is 2.08. The number of rotatable bonds is 6. The van der Waals surface area contributed by atoms with E-state index < -0.39 is 0 Å². The third-order valence-electron chi connectivity index (χ3n) is 4.32. The summed E-state index contributed by atoms with van der Waals surface area (Å²) < 4.78 is 5.99. The number of nitrogens with one attached hydrogen (secondary N) is 1. The molecule has 0 spiro atoms. The van der Waals surface area contributed by atoms with Crippen molar-refractivity contribution in [3.63, 3.8) is 0 Å². The number of nitrogens with zero attached hydrogens (tertiary/aromatic N) is 1. The summed E-state index contributed by atoms with van der Waals surface area (Å²) in [6.45, 7) is 4.29. The summed E-state index contributed by atoms with van der Waals surface area (Å²) in [5.74, 6) is 0.463. The first-order valence-corrected chi connectivity index (χ1v) is 10.2. The van der Waals surface area contributed by atoms with Crippen molar-refractivity contribution in [3.05, 3.63) is 97.5 Å². The quantitative estimate of drug-likeness (QED) is 0.332. The average Bonchev–Trinajstić information content (AvgIpc) is 2.70. The van der Waals surface area contributed by atoms with Crippen LogP contribution in [0.3, 0.4) is 0 Å². The van der Waals surface area contributed by atoms with Crippen LogP contribution < -0.4 is 10.2 Å². The van der Waals surface area contributed by atoms with Crippen LogP contribution in [0.4, 0.5) is 0 Å². The fraction of sp³-hybridized carbons (Fsp3) is 0.130. The number of amides is 1. The summed E-state index contributed by atoms with van der Waals surface area (Å²) in [5.41, 5.74) is 6.63. The molecule has 0 fully saturated rings. The molecule has 0 bridgehead atoms. The van der Waals surface area contributed by atoms with Gasteiger partial charge in [-0.05, 0) is 78.6 Å². The summed E-state index contributed by atoms with van der Waals surface area (Å²) in [6.07, 6.45) is 1.59. The van der Waals surface area contributed by atoms with Crippen LogP contribution in [0.1, 0.15) is 32.6 Å². The Morgan fingerprint density at radius 3 is 2.40 bits per heavy atom. The number of carbonyl (C=O) groups is 1. The number of halogens is 3. The van der Waals surface area contributed by atoms with Gasteiger partial charge in [-0.15, -0.1) is 0 Å². The molecule has 154 valence electrons. The molecule has 0 aliphatic heterocycles. The van der Waals surface area contributed by atoms with Crippen molar-refractivity contribution in [1.29, 1.82) is 0 Å². The Balaban J connectivity index is 1.65. The van der Waals surface area contributed by atoms with Crippen LogP contribution in [0, 0.1) is 13.8 Å². The van der Waals surface area contributed by atoms with E-state index in [-0.39, 0.29) is 5.91 Å². The van der Waals surface area contributed by atoms with Crippen LogP contribution in [-0.4, -0.2) is 12.1 Å². The van der Waals surface area contributed by atoms with Crippen LogP contribution in [0.2, 0.25) is 15.1 Å². The highest BCUT2D eigenvalue weighted by Crippen LogP contribution is 2.27. The van der Waals surface area contributed by atoms with Crippen LogP contribution in [0.15, 0.2) is 59.7 Å².